The molecule has 0 aliphatic carbocycles. The maximum Gasteiger partial charge on any atom is 0.293 e. The van der Waals surface area contributed by atoms with Crippen LogP contribution in [-0.4, -0.2) is 35.7 Å². The zero-order chi connectivity index (χ0) is 20.3. The fourth-order valence-corrected chi connectivity index (χ4v) is 4.75. The summed E-state index contributed by atoms with van der Waals surface area (Å²) in [5.41, 5.74) is 0.722. The zero-order valence-electron chi connectivity index (χ0n) is 15.9. The van der Waals surface area contributed by atoms with Crippen molar-refractivity contribution in [3.63, 3.8) is 0 Å². The number of hydrogen-bond acceptors (Lipinski definition) is 6. The molecule has 1 atom stereocenters. The van der Waals surface area contributed by atoms with Gasteiger partial charge in [0.2, 0.25) is 10.0 Å². The Morgan fingerprint density at radius 2 is 1.96 bits per heavy atom. The third-order valence-electron chi connectivity index (χ3n) is 5.05. The first-order valence-corrected chi connectivity index (χ1v) is 10.7. The van der Waals surface area contributed by atoms with Crippen LogP contribution in [-0.2, 0) is 10.0 Å². The third kappa shape index (κ3) is 4.31. The van der Waals surface area contributed by atoms with Gasteiger partial charge in [0.25, 0.3) is 5.69 Å². The van der Waals surface area contributed by atoms with Crippen molar-refractivity contribution in [2.75, 3.05) is 18.4 Å². The summed E-state index contributed by atoms with van der Waals surface area (Å²) in [7, 11) is -3.75. The van der Waals surface area contributed by atoms with E-state index in [1.54, 1.807) is 12.3 Å². The molecular formula is C19H24N4O4S. The normalized spacial score (nSPS) is 17.2. The molecule has 150 valence electrons. The molecule has 0 amide bonds. The standard InChI is InChI=1S/C19H24N4O4S/c1-14-8-11-22(12-9-14)28(26,27)16-6-7-18(19(13-16)23(24)25)21-15(2)17-5-3-4-10-20-17/h3-7,10,13-15,21H,8-9,11-12H2,1-2H3/t15-/m0/s1. The first-order valence-electron chi connectivity index (χ1n) is 9.25. The molecule has 8 nitrogen and oxygen atoms in total. The Morgan fingerprint density at radius 3 is 2.57 bits per heavy atom. The summed E-state index contributed by atoms with van der Waals surface area (Å²) in [4.78, 5) is 15.2. The summed E-state index contributed by atoms with van der Waals surface area (Å²) < 4.78 is 27.2. The van der Waals surface area contributed by atoms with Gasteiger partial charge in [0, 0.05) is 25.4 Å². The third-order valence-corrected chi connectivity index (χ3v) is 6.94. The molecule has 1 N–H and O–H groups in total. The van der Waals surface area contributed by atoms with Crippen molar-refractivity contribution in [3.8, 4) is 0 Å². The Morgan fingerprint density at radius 1 is 1.25 bits per heavy atom. The van der Waals surface area contributed by atoms with Crippen LogP contribution in [0.4, 0.5) is 11.4 Å². The topological polar surface area (TPSA) is 105 Å². The molecule has 1 saturated heterocycles. The highest BCUT2D eigenvalue weighted by molar-refractivity contribution is 7.89. The van der Waals surface area contributed by atoms with Crippen LogP contribution in [0, 0.1) is 16.0 Å². The van der Waals surface area contributed by atoms with Gasteiger partial charge in [0.05, 0.1) is 21.6 Å². The predicted octanol–water partition coefficient (Wildman–Crippen LogP) is 3.58. The first kappa shape index (κ1) is 20.2. The monoisotopic (exact) mass is 404 g/mol. The van der Waals surface area contributed by atoms with Gasteiger partial charge in [-0.25, -0.2) is 8.42 Å². The van der Waals surface area contributed by atoms with Crippen molar-refractivity contribution in [2.45, 2.75) is 37.6 Å². The summed E-state index contributed by atoms with van der Waals surface area (Å²) in [5.74, 6) is 0.487. The van der Waals surface area contributed by atoms with Crippen LogP contribution in [0.3, 0.4) is 0 Å². The van der Waals surface area contributed by atoms with Crippen LogP contribution in [0.25, 0.3) is 0 Å². The molecule has 3 rings (SSSR count). The van der Waals surface area contributed by atoms with E-state index in [2.05, 4.69) is 17.2 Å². The lowest BCUT2D eigenvalue weighted by Gasteiger charge is -2.29. The molecule has 1 aromatic heterocycles. The van der Waals surface area contributed by atoms with E-state index in [9.17, 15) is 18.5 Å². The van der Waals surface area contributed by atoms with Gasteiger partial charge in [-0.15, -0.1) is 0 Å². The number of rotatable bonds is 6. The van der Waals surface area contributed by atoms with E-state index < -0.39 is 14.9 Å². The second-order valence-corrected chi connectivity index (χ2v) is 9.08. The summed E-state index contributed by atoms with van der Waals surface area (Å²) in [6.45, 7) is 4.81. The van der Waals surface area contributed by atoms with E-state index >= 15 is 0 Å². The van der Waals surface area contributed by atoms with E-state index in [-0.39, 0.29) is 22.3 Å². The van der Waals surface area contributed by atoms with Gasteiger partial charge in [-0.2, -0.15) is 4.31 Å². The lowest BCUT2D eigenvalue weighted by atomic mass is 10.0. The second-order valence-electron chi connectivity index (χ2n) is 7.14. The van der Waals surface area contributed by atoms with E-state index in [0.29, 0.717) is 19.0 Å². The number of sulfonamides is 1. The van der Waals surface area contributed by atoms with Crippen molar-refractivity contribution in [1.82, 2.24) is 9.29 Å². The van der Waals surface area contributed by atoms with Crippen molar-refractivity contribution < 1.29 is 13.3 Å². The number of nitro benzene ring substituents is 1. The van der Waals surface area contributed by atoms with Gasteiger partial charge in [0.15, 0.2) is 0 Å². The van der Waals surface area contributed by atoms with Crippen molar-refractivity contribution in [1.29, 1.82) is 0 Å². The number of nitrogens with zero attached hydrogens (tertiary/aromatic N) is 3. The van der Waals surface area contributed by atoms with Gasteiger partial charge in [0.1, 0.15) is 5.69 Å². The number of aromatic nitrogens is 1. The Bertz CT molecular complexity index is 942. The minimum atomic E-state index is -3.75. The lowest BCUT2D eigenvalue weighted by molar-refractivity contribution is -0.384. The summed E-state index contributed by atoms with van der Waals surface area (Å²) >= 11 is 0. The number of benzene rings is 1. The number of nitro groups is 1. The summed E-state index contributed by atoms with van der Waals surface area (Å²) in [6.07, 6.45) is 3.24. The van der Waals surface area contributed by atoms with Crippen LogP contribution < -0.4 is 5.32 Å². The Hall–Kier alpha value is -2.52. The molecule has 0 saturated carbocycles. The summed E-state index contributed by atoms with van der Waals surface area (Å²) in [5, 5.41) is 14.6. The van der Waals surface area contributed by atoms with Crippen LogP contribution in [0.1, 0.15) is 38.4 Å². The Labute approximate surface area is 164 Å². The molecule has 0 radical (unpaired) electrons. The lowest BCUT2D eigenvalue weighted by Crippen LogP contribution is -2.37. The molecule has 1 aliphatic heterocycles. The van der Waals surface area contributed by atoms with Gasteiger partial charge < -0.3 is 5.32 Å². The smallest absolute Gasteiger partial charge is 0.293 e. The summed E-state index contributed by atoms with van der Waals surface area (Å²) in [6, 6.07) is 9.20. The van der Waals surface area contributed by atoms with E-state index in [0.717, 1.165) is 24.6 Å². The van der Waals surface area contributed by atoms with Crippen LogP contribution >= 0.6 is 0 Å². The molecule has 1 aromatic carbocycles. The molecule has 0 unspecified atom stereocenters. The Kier molecular flexibility index (Phi) is 5.95. The average Bonchev–Trinajstić information content (AvgIpc) is 2.69. The molecule has 2 aromatic rings. The molecular weight excluding hydrogens is 380 g/mol. The number of piperidine rings is 1. The van der Waals surface area contributed by atoms with Gasteiger partial charge >= 0.3 is 0 Å². The van der Waals surface area contributed by atoms with Crippen molar-refractivity contribution in [3.05, 3.63) is 58.4 Å². The number of pyridine rings is 1. The molecule has 0 spiro atoms. The van der Waals surface area contributed by atoms with E-state index in [4.69, 9.17) is 0 Å². The van der Waals surface area contributed by atoms with Crippen LogP contribution in [0.15, 0.2) is 47.5 Å². The van der Waals surface area contributed by atoms with E-state index in [1.807, 2.05) is 19.1 Å². The Balaban J connectivity index is 1.88. The van der Waals surface area contributed by atoms with Crippen LogP contribution in [0.2, 0.25) is 0 Å². The second kappa shape index (κ2) is 8.24. The largest absolute Gasteiger partial charge is 0.371 e. The molecule has 1 aliphatic rings. The van der Waals surface area contributed by atoms with Gasteiger partial charge in [-0.1, -0.05) is 13.0 Å². The quantitative estimate of drug-likeness (QED) is 0.583. The van der Waals surface area contributed by atoms with Crippen molar-refractivity contribution in [2.24, 2.45) is 5.92 Å². The SMILES string of the molecule is CC1CCN(S(=O)(=O)c2ccc(N[C@@H](C)c3ccccn3)c([N+](=O)[O-])c2)CC1. The maximum absolute atomic E-state index is 12.9. The highest BCUT2D eigenvalue weighted by atomic mass is 32.2. The molecule has 28 heavy (non-hydrogen) atoms. The molecule has 2 heterocycles. The molecule has 1 fully saturated rings. The fourth-order valence-electron chi connectivity index (χ4n) is 3.26. The van der Waals surface area contributed by atoms with Crippen LogP contribution in [0.5, 0.6) is 0 Å². The number of nitrogens with one attached hydrogen (secondary N) is 1. The maximum atomic E-state index is 12.9. The minimum Gasteiger partial charge on any atom is -0.371 e. The number of anilines is 1. The fraction of sp³-hybridized carbons (Fsp3) is 0.421. The number of hydrogen-bond donors (Lipinski definition) is 1. The first-order chi connectivity index (χ1) is 13.3. The highest BCUT2D eigenvalue weighted by Crippen LogP contribution is 2.32. The molecule has 0 bridgehead atoms. The highest BCUT2D eigenvalue weighted by Gasteiger charge is 2.30. The van der Waals surface area contributed by atoms with Crippen molar-refractivity contribution >= 4 is 21.4 Å². The predicted molar refractivity (Wildman–Crippen MR) is 107 cm³/mol. The molecule has 9 heteroatoms. The van der Waals surface area contributed by atoms with E-state index in [1.165, 1.54) is 16.4 Å². The van der Waals surface area contributed by atoms with Gasteiger partial charge in [-0.3, -0.25) is 15.1 Å². The average molecular weight is 404 g/mol. The minimum absolute atomic E-state index is 0.0511. The zero-order valence-corrected chi connectivity index (χ0v) is 16.7. The van der Waals surface area contributed by atoms with Gasteiger partial charge in [-0.05, 0) is 49.9 Å².